The van der Waals surface area contributed by atoms with Crippen molar-refractivity contribution in [2.75, 3.05) is 5.32 Å². The summed E-state index contributed by atoms with van der Waals surface area (Å²) in [7, 11) is 0. The molecule has 0 amide bonds. The van der Waals surface area contributed by atoms with Gasteiger partial charge >= 0.3 is 0 Å². The molecule has 4 heteroatoms. The Balaban J connectivity index is 2.47. The van der Waals surface area contributed by atoms with Crippen LogP contribution in [0.4, 0.5) is 11.4 Å². The number of hydrogen-bond donors (Lipinski definition) is 1. The van der Waals surface area contributed by atoms with Crippen LogP contribution in [-0.4, -0.2) is 0 Å². The minimum Gasteiger partial charge on any atom is -0.353 e. The van der Waals surface area contributed by atoms with Gasteiger partial charge in [-0.3, -0.25) is 0 Å². The Morgan fingerprint density at radius 1 is 1.11 bits per heavy atom. The average Bonchev–Trinajstić information content (AvgIpc) is 2.37. The quantitative estimate of drug-likeness (QED) is 0.845. The number of para-hydroxylation sites is 1. The van der Waals surface area contributed by atoms with E-state index in [1.54, 1.807) is 18.2 Å². The number of nitrogens with zero attached hydrogens (tertiary/aromatic N) is 1. The van der Waals surface area contributed by atoms with Gasteiger partial charge in [-0.15, -0.1) is 0 Å². The largest absolute Gasteiger partial charge is 0.353 e. The summed E-state index contributed by atoms with van der Waals surface area (Å²) in [6.07, 6.45) is 0. The Morgan fingerprint density at radius 3 is 2.56 bits per heavy atom. The first kappa shape index (κ1) is 12.8. The van der Waals surface area contributed by atoms with E-state index >= 15 is 0 Å². The van der Waals surface area contributed by atoms with Crippen LogP contribution in [0.25, 0.3) is 0 Å². The zero-order valence-corrected chi connectivity index (χ0v) is 11.2. The summed E-state index contributed by atoms with van der Waals surface area (Å²) in [6, 6.07) is 13.0. The van der Waals surface area contributed by atoms with E-state index in [0.29, 0.717) is 21.3 Å². The summed E-state index contributed by atoms with van der Waals surface area (Å²) in [5.74, 6) is 0. The number of aryl methyl sites for hydroxylation is 1. The Morgan fingerprint density at radius 2 is 1.83 bits per heavy atom. The van der Waals surface area contributed by atoms with Gasteiger partial charge in [-0.25, -0.2) is 0 Å². The fourth-order valence-electron chi connectivity index (χ4n) is 1.66. The van der Waals surface area contributed by atoms with Gasteiger partial charge in [0.1, 0.15) is 6.07 Å². The van der Waals surface area contributed by atoms with E-state index in [4.69, 9.17) is 28.5 Å². The SMILES string of the molecule is Cc1cccc(C#N)c1Nc1cccc(Cl)c1Cl. The van der Waals surface area contributed by atoms with Gasteiger partial charge in [0.2, 0.25) is 0 Å². The molecule has 0 fully saturated rings. The molecule has 0 saturated carbocycles. The van der Waals surface area contributed by atoms with E-state index in [0.717, 1.165) is 11.3 Å². The van der Waals surface area contributed by atoms with Crippen molar-refractivity contribution in [3.05, 3.63) is 57.6 Å². The summed E-state index contributed by atoms with van der Waals surface area (Å²) in [4.78, 5) is 0. The standard InChI is InChI=1S/C14H10Cl2N2/c1-9-4-2-5-10(8-17)14(9)18-12-7-3-6-11(15)13(12)16/h2-7,18H,1H3. The molecule has 2 nitrogen and oxygen atoms in total. The zero-order valence-electron chi connectivity index (χ0n) is 9.67. The molecule has 0 bridgehead atoms. The number of benzene rings is 2. The van der Waals surface area contributed by atoms with Crippen molar-refractivity contribution in [1.29, 1.82) is 5.26 Å². The normalized spacial score (nSPS) is 9.89. The lowest BCUT2D eigenvalue weighted by Gasteiger charge is -2.13. The molecular weight excluding hydrogens is 267 g/mol. The van der Waals surface area contributed by atoms with Gasteiger partial charge in [-0.1, -0.05) is 41.4 Å². The summed E-state index contributed by atoms with van der Waals surface area (Å²) in [6.45, 7) is 1.93. The predicted molar refractivity (Wildman–Crippen MR) is 75.6 cm³/mol. The number of nitrogens with one attached hydrogen (secondary N) is 1. The first-order valence-corrected chi connectivity index (χ1v) is 6.10. The molecule has 0 aliphatic heterocycles. The molecule has 0 radical (unpaired) electrons. The van der Waals surface area contributed by atoms with E-state index in [1.165, 1.54) is 0 Å². The number of rotatable bonds is 2. The van der Waals surface area contributed by atoms with Gasteiger partial charge in [-0.2, -0.15) is 5.26 Å². The monoisotopic (exact) mass is 276 g/mol. The molecule has 2 rings (SSSR count). The van der Waals surface area contributed by atoms with E-state index in [9.17, 15) is 0 Å². The summed E-state index contributed by atoms with van der Waals surface area (Å²) in [5, 5.41) is 13.2. The lowest BCUT2D eigenvalue weighted by atomic mass is 10.1. The molecule has 0 aliphatic carbocycles. The molecule has 2 aromatic carbocycles. The molecule has 0 aromatic heterocycles. The van der Waals surface area contributed by atoms with E-state index in [1.807, 2.05) is 25.1 Å². The number of nitriles is 1. The molecule has 0 unspecified atom stereocenters. The highest BCUT2D eigenvalue weighted by Crippen LogP contribution is 2.33. The Kier molecular flexibility index (Phi) is 3.76. The zero-order chi connectivity index (χ0) is 13.1. The highest BCUT2D eigenvalue weighted by molar-refractivity contribution is 6.43. The van der Waals surface area contributed by atoms with Crippen LogP contribution in [0, 0.1) is 18.3 Å². The van der Waals surface area contributed by atoms with Crippen LogP contribution >= 0.6 is 23.2 Å². The second-order valence-electron chi connectivity index (χ2n) is 3.84. The minimum atomic E-state index is 0.450. The van der Waals surface area contributed by atoms with E-state index < -0.39 is 0 Å². The molecule has 90 valence electrons. The van der Waals surface area contributed by atoms with Gasteiger partial charge in [0.15, 0.2) is 0 Å². The van der Waals surface area contributed by atoms with Crippen molar-refractivity contribution >= 4 is 34.6 Å². The smallest absolute Gasteiger partial charge is 0.101 e. The van der Waals surface area contributed by atoms with Gasteiger partial charge in [0, 0.05) is 0 Å². The third-order valence-corrected chi connectivity index (χ3v) is 3.42. The van der Waals surface area contributed by atoms with Crippen molar-refractivity contribution in [3.63, 3.8) is 0 Å². The fourth-order valence-corrected chi connectivity index (χ4v) is 2.01. The molecule has 2 aromatic rings. The predicted octanol–water partition coefficient (Wildman–Crippen LogP) is 4.92. The maximum atomic E-state index is 9.10. The molecule has 0 saturated heterocycles. The maximum Gasteiger partial charge on any atom is 0.101 e. The Bertz CT molecular complexity index is 630. The third kappa shape index (κ3) is 2.43. The lowest BCUT2D eigenvalue weighted by molar-refractivity contribution is 1.39. The van der Waals surface area contributed by atoms with Crippen LogP contribution in [0.1, 0.15) is 11.1 Å². The van der Waals surface area contributed by atoms with Gasteiger partial charge in [0.05, 0.1) is 27.0 Å². The lowest BCUT2D eigenvalue weighted by Crippen LogP contribution is -1.97. The van der Waals surface area contributed by atoms with Crippen molar-refractivity contribution in [2.24, 2.45) is 0 Å². The molecule has 18 heavy (non-hydrogen) atoms. The fraction of sp³-hybridized carbons (Fsp3) is 0.0714. The summed E-state index contributed by atoms with van der Waals surface area (Å²) in [5.41, 5.74) is 3.00. The van der Waals surface area contributed by atoms with Gasteiger partial charge < -0.3 is 5.32 Å². The first-order valence-electron chi connectivity index (χ1n) is 5.34. The van der Waals surface area contributed by atoms with Crippen LogP contribution in [0.2, 0.25) is 10.0 Å². The number of hydrogen-bond acceptors (Lipinski definition) is 2. The van der Waals surface area contributed by atoms with Crippen molar-refractivity contribution in [1.82, 2.24) is 0 Å². The Labute approximate surface area is 116 Å². The van der Waals surface area contributed by atoms with Crippen LogP contribution in [-0.2, 0) is 0 Å². The molecule has 0 spiro atoms. The van der Waals surface area contributed by atoms with E-state index in [2.05, 4.69) is 11.4 Å². The van der Waals surface area contributed by atoms with E-state index in [-0.39, 0.29) is 0 Å². The summed E-state index contributed by atoms with van der Waals surface area (Å²) >= 11 is 12.1. The number of halogens is 2. The molecule has 0 atom stereocenters. The molecule has 0 aliphatic rings. The highest BCUT2D eigenvalue weighted by atomic mass is 35.5. The van der Waals surface area contributed by atoms with Gasteiger partial charge in [0.25, 0.3) is 0 Å². The van der Waals surface area contributed by atoms with Crippen molar-refractivity contribution in [2.45, 2.75) is 6.92 Å². The van der Waals surface area contributed by atoms with Crippen molar-refractivity contribution in [3.8, 4) is 6.07 Å². The second kappa shape index (κ2) is 5.30. The van der Waals surface area contributed by atoms with Gasteiger partial charge in [-0.05, 0) is 30.7 Å². The molecule has 1 N–H and O–H groups in total. The summed E-state index contributed by atoms with van der Waals surface area (Å²) < 4.78 is 0. The maximum absolute atomic E-state index is 9.10. The van der Waals surface area contributed by atoms with Crippen molar-refractivity contribution < 1.29 is 0 Å². The first-order chi connectivity index (χ1) is 8.63. The topological polar surface area (TPSA) is 35.8 Å². The number of anilines is 2. The minimum absolute atomic E-state index is 0.450. The van der Waals surface area contributed by atoms with Crippen LogP contribution in [0.3, 0.4) is 0 Å². The third-order valence-electron chi connectivity index (χ3n) is 2.60. The molecular formula is C14H10Cl2N2. The average molecular weight is 277 g/mol. The highest BCUT2D eigenvalue weighted by Gasteiger charge is 2.09. The van der Waals surface area contributed by atoms with Crippen LogP contribution < -0.4 is 5.32 Å². The Hall–Kier alpha value is -1.69. The second-order valence-corrected chi connectivity index (χ2v) is 4.62. The molecule has 0 heterocycles. The van der Waals surface area contributed by atoms with Crippen LogP contribution in [0.5, 0.6) is 0 Å². The van der Waals surface area contributed by atoms with Crippen LogP contribution in [0.15, 0.2) is 36.4 Å².